The normalized spacial score (nSPS) is 10.4. The molecule has 0 saturated heterocycles. The van der Waals surface area contributed by atoms with E-state index in [1.165, 1.54) is 12.1 Å². The van der Waals surface area contributed by atoms with Gasteiger partial charge in [-0.3, -0.25) is 0 Å². The smallest absolute Gasteiger partial charge is 0.123 e. The molecule has 0 N–H and O–H groups in total. The summed E-state index contributed by atoms with van der Waals surface area (Å²) in [6, 6.07) is 6.11. The molecule has 2 heteroatoms. The maximum absolute atomic E-state index is 12.4. The fourth-order valence-electron chi connectivity index (χ4n) is 0.834. The molecule has 1 aromatic carbocycles. The monoisotopic (exact) mass is 164 g/mol. The lowest BCUT2D eigenvalue weighted by Gasteiger charge is -1.90. The fraction of sp³-hybridized carbons (Fsp3) is 0.100. The molecule has 0 aliphatic carbocycles. The van der Waals surface area contributed by atoms with Crippen molar-refractivity contribution in [2.75, 3.05) is 0 Å². The van der Waals surface area contributed by atoms with Gasteiger partial charge in [0, 0.05) is 6.42 Å². The highest BCUT2D eigenvalue weighted by atomic mass is 19.1. The van der Waals surface area contributed by atoms with E-state index in [2.05, 4.69) is 0 Å². The Morgan fingerprint density at radius 1 is 1.25 bits per heavy atom. The third kappa shape index (κ3) is 2.66. The van der Waals surface area contributed by atoms with Crippen LogP contribution in [-0.2, 0) is 4.79 Å². The Bertz CT molecular complexity index is 274. The van der Waals surface area contributed by atoms with E-state index in [0.29, 0.717) is 6.42 Å². The molecule has 0 spiro atoms. The van der Waals surface area contributed by atoms with Crippen LogP contribution in [0.15, 0.2) is 30.3 Å². The number of carbonyl (C=O) groups is 1. The maximum atomic E-state index is 12.4. The first-order chi connectivity index (χ1) is 5.83. The van der Waals surface area contributed by atoms with Crippen molar-refractivity contribution in [2.24, 2.45) is 0 Å². The second-order valence-corrected chi connectivity index (χ2v) is 2.36. The first-order valence-corrected chi connectivity index (χ1v) is 3.68. The Hall–Kier alpha value is -1.44. The molecule has 1 rings (SSSR count). The minimum Gasteiger partial charge on any atom is -0.303 e. The Labute approximate surface area is 70.5 Å². The Morgan fingerprint density at radius 3 is 2.50 bits per heavy atom. The van der Waals surface area contributed by atoms with Gasteiger partial charge in [-0.2, -0.15) is 0 Å². The molecule has 0 unspecified atom stereocenters. The van der Waals surface area contributed by atoms with Gasteiger partial charge >= 0.3 is 0 Å². The zero-order chi connectivity index (χ0) is 8.81. The van der Waals surface area contributed by atoms with Crippen molar-refractivity contribution in [3.63, 3.8) is 0 Å². The van der Waals surface area contributed by atoms with E-state index >= 15 is 0 Å². The SMILES string of the molecule is O=CC/C=C\c1ccc(F)cc1. The van der Waals surface area contributed by atoms with E-state index < -0.39 is 0 Å². The van der Waals surface area contributed by atoms with Crippen molar-refractivity contribution in [1.82, 2.24) is 0 Å². The molecule has 0 bridgehead atoms. The lowest BCUT2D eigenvalue weighted by Crippen LogP contribution is -1.74. The minimum absolute atomic E-state index is 0.248. The minimum atomic E-state index is -0.248. The number of benzene rings is 1. The molecule has 0 atom stereocenters. The second kappa shape index (κ2) is 4.44. The second-order valence-electron chi connectivity index (χ2n) is 2.36. The largest absolute Gasteiger partial charge is 0.303 e. The summed E-state index contributed by atoms with van der Waals surface area (Å²) in [5, 5.41) is 0. The Morgan fingerprint density at radius 2 is 1.92 bits per heavy atom. The highest BCUT2D eigenvalue weighted by molar-refractivity contribution is 5.57. The number of aldehydes is 1. The van der Waals surface area contributed by atoms with E-state index in [4.69, 9.17) is 0 Å². The van der Waals surface area contributed by atoms with Crippen molar-refractivity contribution < 1.29 is 9.18 Å². The first kappa shape index (κ1) is 8.65. The average molecular weight is 164 g/mol. The summed E-state index contributed by atoms with van der Waals surface area (Å²) in [4.78, 5) is 9.94. The summed E-state index contributed by atoms with van der Waals surface area (Å²) in [7, 11) is 0. The number of allylic oxidation sites excluding steroid dienone is 1. The molecular formula is C10H9FO. The standard InChI is InChI=1S/C10H9FO/c11-10-6-4-9(5-7-10)3-1-2-8-12/h1,3-8H,2H2/b3-1-. The molecule has 0 aromatic heterocycles. The third-order valence-corrected chi connectivity index (χ3v) is 1.41. The molecule has 62 valence electrons. The van der Waals surface area contributed by atoms with Crippen LogP contribution >= 0.6 is 0 Å². The summed E-state index contributed by atoms with van der Waals surface area (Å²) in [6.07, 6.45) is 4.74. The molecule has 12 heavy (non-hydrogen) atoms. The molecule has 0 aliphatic rings. The predicted molar refractivity (Wildman–Crippen MR) is 46.1 cm³/mol. The van der Waals surface area contributed by atoms with Gasteiger partial charge in [-0.15, -0.1) is 0 Å². The number of carbonyl (C=O) groups excluding carboxylic acids is 1. The van der Waals surface area contributed by atoms with Crippen LogP contribution in [0.1, 0.15) is 12.0 Å². The molecule has 1 nitrogen and oxygen atoms in total. The van der Waals surface area contributed by atoms with E-state index in [9.17, 15) is 9.18 Å². The lowest BCUT2D eigenvalue weighted by molar-refractivity contribution is -0.107. The van der Waals surface area contributed by atoms with Crippen molar-refractivity contribution in [3.8, 4) is 0 Å². The predicted octanol–water partition coefficient (Wildman–Crippen LogP) is 2.43. The number of halogens is 1. The van der Waals surface area contributed by atoms with Crippen LogP contribution in [0.2, 0.25) is 0 Å². The molecule has 0 fully saturated rings. The summed E-state index contributed by atoms with van der Waals surface area (Å²) >= 11 is 0. The van der Waals surface area contributed by atoms with Crippen LogP contribution in [0.3, 0.4) is 0 Å². The number of rotatable bonds is 3. The van der Waals surface area contributed by atoms with Gasteiger partial charge in [-0.05, 0) is 17.7 Å². The van der Waals surface area contributed by atoms with Crippen LogP contribution in [0, 0.1) is 5.82 Å². The van der Waals surface area contributed by atoms with Crippen molar-refractivity contribution in [1.29, 1.82) is 0 Å². The molecule has 0 heterocycles. The molecule has 0 amide bonds. The zero-order valence-electron chi connectivity index (χ0n) is 6.53. The van der Waals surface area contributed by atoms with Crippen LogP contribution in [0.25, 0.3) is 6.08 Å². The van der Waals surface area contributed by atoms with Crippen LogP contribution in [-0.4, -0.2) is 6.29 Å². The lowest BCUT2D eigenvalue weighted by atomic mass is 10.2. The van der Waals surface area contributed by atoms with Crippen molar-refractivity contribution in [2.45, 2.75) is 6.42 Å². The highest BCUT2D eigenvalue weighted by Gasteiger charge is 1.87. The van der Waals surface area contributed by atoms with E-state index in [1.54, 1.807) is 24.3 Å². The van der Waals surface area contributed by atoms with Crippen molar-refractivity contribution in [3.05, 3.63) is 41.7 Å². The summed E-state index contributed by atoms with van der Waals surface area (Å²) in [5.74, 6) is -0.248. The Kier molecular flexibility index (Phi) is 3.20. The quantitative estimate of drug-likeness (QED) is 0.627. The topological polar surface area (TPSA) is 17.1 Å². The van der Waals surface area contributed by atoms with E-state index in [-0.39, 0.29) is 5.82 Å². The zero-order valence-corrected chi connectivity index (χ0v) is 6.53. The van der Waals surface area contributed by atoms with Gasteiger partial charge in [0.25, 0.3) is 0 Å². The van der Waals surface area contributed by atoms with Crippen LogP contribution in [0.4, 0.5) is 4.39 Å². The molecule has 0 saturated carbocycles. The summed E-state index contributed by atoms with van der Waals surface area (Å²) < 4.78 is 12.4. The van der Waals surface area contributed by atoms with Gasteiger partial charge < -0.3 is 4.79 Å². The number of hydrogen-bond acceptors (Lipinski definition) is 1. The van der Waals surface area contributed by atoms with Gasteiger partial charge in [0.1, 0.15) is 12.1 Å². The Balaban J connectivity index is 2.64. The molecule has 1 aromatic rings. The van der Waals surface area contributed by atoms with E-state index in [1.807, 2.05) is 0 Å². The fourth-order valence-corrected chi connectivity index (χ4v) is 0.834. The van der Waals surface area contributed by atoms with Gasteiger partial charge in [-0.1, -0.05) is 24.3 Å². The summed E-state index contributed by atoms with van der Waals surface area (Å²) in [6.45, 7) is 0. The van der Waals surface area contributed by atoms with Crippen LogP contribution < -0.4 is 0 Å². The van der Waals surface area contributed by atoms with Crippen LogP contribution in [0.5, 0.6) is 0 Å². The maximum Gasteiger partial charge on any atom is 0.123 e. The highest BCUT2D eigenvalue weighted by Crippen LogP contribution is 2.04. The number of hydrogen-bond donors (Lipinski definition) is 0. The molecule has 0 radical (unpaired) electrons. The van der Waals surface area contributed by atoms with Gasteiger partial charge in [0.15, 0.2) is 0 Å². The van der Waals surface area contributed by atoms with Crippen molar-refractivity contribution >= 4 is 12.4 Å². The third-order valence-electron chi connectivity index (χ3n) is 1.41. The molecular weight excluding hydrogens is 155 g/mol. The first-order valence-electron chi connectivity index (χ1n) is 3.68. The summed E-state index contributed by atoms with van der Waals surface area (Å²) in [5.41, 5.74) is 0.901. The average Bonchev–Trinajstić information content (AvgIpc) is 2.09. The van der Waals surface area contributed by atoms with E-state index in [0.717, 1.165) is 11.8 Å². The van der Waals surface area contributed by atoms with Gasteiger partial charge in [-0.25, -0.2) is 4.39 Å². The van der Waals surface area contributed by atoms with Gasteiger partial charge in [0.2, 0.25) is 0 Å². The molecule has 0 aliphatic heterocycles. The van der Waals surface area contributed by atoms with Gasteiger partial charge in [0.05, 0.1) is 0 Å².